The smallest absolute Gasteiger partial charge is 0.337 e. The van der Waals surface area contributed by atoms with E-state index in [-0.39, 0.29) is 10.6 Å². The van der Waals surface area contributed by atoms with Crippen LogP contribution in [0, 0.1) is 20.8 Å². The molecule has 0 unspecified atom stereocenters. The van der Waals surface area contributed by atoms with Crippen molar-refractivity contribution in [1.82, 2.24) is 0 Å². The van der Waals surface area contributed by atoms with Crippen LogP contribution in [0.4, 0.5) is 0 Å². The van der Waals surface area contributed by atoms with Crippen LogP contribution in [-0.2, 0) is 0 Å². The van der Waals surface area contributed by atoms with Gasteiger partial charge in [-0.15, -0.1) is 0 Å². The first kappa shape index (κ1) is 19.6. The van der Waals surface area contributed by atoms with Crippen molar-refractivity contribution in [1.29, 1.82) is 0 Å². The topological polar surface area (TPSA) is 46.5 Å². The third kappa shape index (κ3) is 3.11. The van der Waals surface area contributed by atoms with E-state index >= 15 is 0 Å². The van der Waals surface area contributed by atoms with Crippen molar-refractivity contribution in [2.45, 2.75) is 20.8 Å². The Balaban J connectivity index is 2.27. The number of rotatable bonds is 2. The number of hydrogen-bond acceptors (Lipinski definition) is 2. The molecule has 1 heterocycles. The lowest BCUT2D eigenvalue weighted by Gasteiger charge is -2.24. The summed E-state index contributed by atoms with van der Waals surface area (Å²) in [6.45, 7) is 10.0. The van der Waals surface area contributed by atoms with Gasteiger partial charge in [0.15, 0.2) is 0 Å². The molecule has 1 aliphatic rings. The quantitative estimate of drug-likeness (QED) is 0.469. The van der Waals surface area contributed by atoms with Gasteiger partial charge in [-0.25, -0.2) is 4.79 Å². The van der Waals surface area contributed by atoms with Crippen molar-refractivity contribution in [3.8, 4) is 11.5 Å². The van der Waals surface area contributed by atoms with E-state index in [2.05, 4.69) is 6.58 Å². The van der Waals surface area contributed by atoms with Gasteiger partial charge in [0.05, 0.1) is 10.6 Å². The number of aromatic carboxylic acids is 1. The molecule has 146 valence electrons. The molecule has 1 aliphatic heterocycles. The van der Waals surface area contributed by atoms with E-state index < -0.39 is 5.97 Å². The van der Waals surface area contributed by atoms with Crippen LogP contribution in [0.25, 0.3) is 12.2 Å². The Bertz CT molecular complexity index is 1320. The van der Waals surface area contributed by atoms with Crippen molar-refractivity contribution in [3.05, 3.63) is 90.3 Å². The van der Waals surface area contributed by atoms with Gasteiger partial charge < -0.3 is 9.84 Å². The summed E-state index contributed by atoms with van der Waals surface area (Å²) in [6.07, 6.45) is 0. The summed E-state index contributed by atoms with van der Waals surface area (Å²) >= 11 is 12.8. The Hall–Kier alpha value is -2.75. The zero-order valence-corrected chi connectivity index (χ0v) is 17.7. The average Bonchev–Trinajstić information content (AvgIpc) is 2.64. The summed E-state index contributed by atoms with van der Waals surface area (Å²) in [5, 5.41) is 11.9. The first-order valence-electron chi connectivity index (χ1n) is 9.04. The number of carboxylic acids is 1. The molecule has 3 aromatic carbocycles. The lowest BCUT2D eigenvalue weighted by Crippen LogP contribution is -2.23. The highest BCUT2D eigenvalue weighted by molar-refractivity contribution is 6.37. The van der Waals surface area contributed by atoms with Crippen LogP contribution < -0.4 is 15.2 Å². The number of carboxylic acid groups (broad SMARTS) is 1. The fraction of sp³-hybridized carbons (Fsp3) is 0.125. The molecular formula is C24H18Cl2O3. The molecule has 0 bridgehead atoms. The van der Waals surface area contributed by atoms with E-state index in [1.54, 1.807) is 6.07 Å². The van der Waals surface area contributed by atoms with Crippen molar-refractivity contribution in [3.63, 3.8) is 0 Å². The minimum atomic E-state index is -1.14. The minimum absolute atomic E-state index is 0.0254. The van der Waals surface area contributed by atoms with Gasteiger partial charge in [-0.2, -0.15) is 0 Å². The molecule has 0 radical (unpaired) electrons. The molecule has 0 aliphatic carbocycles. The summed E-state index contributed by atoms with van der Waals surface area (Å²) in [5.41, 5.74) is 4.94. The summed E-state index contributed by atoms with van der Waals surface area (Å²) < 4.78 is 6.19. The first-order valence-corrected chi connectivity index (χ1v) is 9.79. The van der Waals surface area contributed by atoms with Crippen LogP contribution in [0.2, 0.25) is 10.0 Å². The number of ether oxygens (including phenoxy) is 1. The van der Waals surface area contributed by atoms with Gasteiger partial charge in [0, 0.05) is 26.9 Å². The highest BCUT2D eigenvalue weighted by Crippen LogP contribution is 2.42. The zero-order chi connectivity index (χ0) is 21.0. The normalized spacial score (nSPS) is 12.2. The Kier molecular flexibility index (Phi) is 4.68. The Morgan fingerprint density at radius 1 is 0.931 bits per heavy atom. The maximum Gasteiger partial charge on any atom is 0.337 e. The molecule has 0 saturated carbocycles. The number of fused-ring (bicyclic) bond motifs is 2. The third-order valence-electron chi connectivity index (χ3n) is 5.36. The first-order chi connectivity index (χ1) is 13.7. The second-order valence-electron chi connectivity index (χ2n) is 7.27. The lowest BCUT2D eigenvalue weighted by molar-refractivity contribution is 0.0696. The van der Waals surface area contributed by atoms with E-state index in [4.69, 9.17) is 27.9 Å². The molecule has 0 amide bonds. The maximum absolute atomic E-state index is 12.1. The number of benzene rings is 3. The summed E-state index contributed by atoms with van der Waals surface area (Å²) in [4.78, 5) is 12.1. The lowest BCUT2D eigenvalue weighted by atomic mass is 9.87. The van der Waals surface area contributed by atoms with Gasteiger partial charge >= 0.3 is 5.97 Å². The molecule has 4 rings (SSSR count). The average molecular weight is 425 g/mol. The Labute approximate surface area is 178 Å². The zero-order valence-electron chi connectivity index (χ0n) is 16.2. The predicted octanol–water partition coefficient (Wildman–Crippen LogP) is 5.38. The summed E-state index contributed by atoms with van der Waals surface area (Å²) in [6, 6.07) is 10.9. The standard InChI is InChI=1S/C24H18Cl2O3/c1-11-7-15-19(9-13(11)3)29-20-10-14(4)12(2)8-16(20)21(15)22-17(25)5-6-18(26)23(22)24(27)28/h5-10H,3H2,1-2,4H3,(H,27,28). The largest absolute Gasteiger partial charge is 0.478 e. The fourth-order valence-corrected chi connectivity index (χ4v) is 4.11. The molecular weight excluding hydrogens is 407 g/mol. The van der Waals surface area contributed by atoms with Gasteiger partial charge in [0.25, 0.3) is 0 Å². The van der Waals surface area contributed by atoms with Crippen LogP contribution in [0.15, 0.2) is 36.4 Å². The molecule has 0 aromatic heterocycles. The van der Waals surface area contributed by atoms with E-state index in [0.717, 1.165) is 32.7 Å². The number of hydrogen-bond donors (Lipinski definition) is 1. The number of carbonyl (C=O) groups is 1. The van der Waals surface area contributed by atoms with Crippen LogP contribution in [0.5, 0.6) is 11.5 Å². The molecule has 5 heteroatoms. The van der Waals surface area contributed by atoms with Gasteiger partial charge in [0.2, 0.25) is 0 Å². The minimum Gasteiger partial charge on any atom is -0.478 e. The van der Waals surface area contributed by atoms with Crippen molar-refractivity contribution < 1.29 is 14.6 Å². The molecule has 0 spiro atoms. The highest BCUT2D eigenvalue weighted by atomic mass is 35.5. The van der Waals surface area contributed by atoms with Crippen molar-refractivity contribution >= 4 is 41.3 Å². The molecule has 1 N–H and O–H groups in total. The monoisotopic (exact) mass is 424 g/mol. The molecule has 3 aromatic rings. The van der Waals surface area contributed by atoms with E-state index in [1.165, 1.54) is 6.07 Å². The SMILES string of the molecule is C=c1cc2c(cc1C)=C(c1c(Cl)ccc(Cl)c1C(=O)O)c1cc(C)c(C)cc1O2. The van der Waals surface area contributed by atoms with E-state index in [0.29, 0.717) is 27.7 Å². The van der Waals surface area contributed by atoms with Crippen LogP contribution >= 0.6 is 23.2 Å². The van der Waals surface area contributed by atoms with E-state index in [1.807, 2.05) is 45.0 Å². The summed E-state index contributed by atoms with van der Waals surface area (Å²) in [5.74, 6) is 0.119. The van der Waals surface area contributed by atoms with Gasteiger partial charge in [-0.3, -0.25) is 0 Å². The highest BCUT2D eigenvalue weighted by Gasteiger charge is 2.28. The Morgan fingerprint density at radius 3 is 2.28 bits per heavy atom. The number of aryl methyl sites for hydroxylation is 3. The molecule has 29 heavy (non-hydrogen) atoms. The van der Waals surface area contributed by atoms with Crippen LogP contribution in [-0.4, -0.2) is 11.1 Å². The second kappa shape index (κ2) is 6.94. The molecule has 0 fully saturated rings. The molecule has 0 saturated heterocycles. The summed E-state index contributed by atoms with van der Waals surface area (Å²) in [7, 11) is 0. The molecule has 0 atom stereocenters. The van der Waals surface area contributed by atoms with Gasteiger partial charge in [0.1, 0.15) is 11.5 Å². The van der Waals surface area contributed by atoms with Gasteiger partial charge in [-0.05, 0) is 79.1 Å². The third-order valence-corrected chi connectivity index (χ3v) is 5.99. The van der Waals surface area contributed by atoms with Crippen molar-refractivity contribution in [2.75, 3.05) is 0 Å². The maximum atomic E-state index is 12.1. The molecule has 3 nitrogen and oxygen atoms in total. The predicted molar refractivity (Wildman–Crippen MR) is 117 cm³/mol. The number of halogens is 2. The fourth-order valence-electron chi connectivity index (χ4n) is 3.62. The second-order valence-corrected chi connectivity index (χ2v) is 8.08. The van der Waals surface area contributed by atoms with Crippen LogP contribution in [0.1, 0.15) is 38.2 Å². The van der Waals surface area contributed by atoms with Crippen molar-refractivity contribution in [2.24, 2.45) is 0 Å². The van der Waals surface area contributed by atoms with Crippen LogP contribution in [0.3, 0.4) is 0 Å². The van der Waals surface area contributed by atoms with E-state index in [9.17, 15) is 9.90 Å². The Morgan fingerprint density at radius 2 is 1.59 bits per heavy atom. The van der Waals surface area contributed by atoms with Gasteiger partial charge in [-0.1, -0.05) is 29.8 Å².